The smallest absolute Gasteiger partial charge is 0.223 e. The number of carbonyl (C=O) groups excluding carboxylic acids is 1. The fourth-order valence-corrected chi connectivity index (χ4v) is 4.60. The lowest BCUT2D eigenvalue weighted by Gasteiger charge is -2.33. The van der Waals surface area contributed by atoms with Gasteiger partial charge in [0, 0.05) is 48.7 Å². The molecule has 1 amide bonds. The summed E-state index contributed by atoms with van der Waals surface area (Å²) < 4.78 is 0. The molecule has 2 fully saturated rings. The first-order chi connectivity index (χ1) is 12.8. The van der Waals surface area contributed by atoms with E-state index in [1.54, 1.807) is 0 Å². The van der Waals surface area contributed by atoms with Crippen molar-refractivity contribution < 1.29 is 4.79 Å². The Bertz CT molecular complexity index is 724. The van der Waals surface area contributed by atoms with Gasteiger partial charge in [0.15, 0.2) is 0 Å². The molecule has 1 saturated heterocycles. The SMILES string of the molecule is O=C(NC1CCN(CCc2c[nH]c3ccccc23)CC1)C1CCCCC1. The van der Waals surface area contributed by atoms with Gasteiger partial charge < -0.3 is 15.2 Å². The lowest BCUT2D eigenvalue weighted by atomic mass is 9.88. The lowest BCUT2D eigenvalue weighted by Crippen LogP contribution is -2.46. The minimum atomic E-state index is 0.281. The number of para-hydroxylation sites is 1. The van der Waals surface area contributed by atoms with Crippen molar-refractivity contribution in [3.63, 3.8) is 0 Å². The summed E-state index contributed by atoms with van der Waals surface area (Å²) in [5, 5.41) is 4.68. The van der Waals surface area contributed by atoms with E-state index in [2.05, 4.69) is 45.7 Å². The van der Waals surface area contributed by atoms with Crippen LogP contribution in [-0.4, -0.2) is 41.5 Å². The summed E-state index contributed by atoms with van der Waals surface area (Å²) in [7, 11) is 0. The van der Waals surface area contributed by atoms with Gasteiger partial charge in [-0.3, -0.25) is 4.79 Å². The maximum atomic E-state index is 12.4. The Balaban J connectivity index is 1.22. The topological polar surface area (TPSA) is 48.1 Å². The van der Waals surface area contributed by atoms with Crippen molar-refractivity contribution in [3.8, 4) is 0 Å². The van der Waals surface area contributed by atoms with Gasteiger partial charge in [0.1, 0.15) is 0 Å². The predicted octanol–water partition coefficient (Wildman–Crippen LogP) is 3.87. The largest absolute Gasteiger partial charge is 0.361 e. The molecule has 2 heterocycles. The molecular weight excluding hydrogens is 322 g/mol. The minimum absolute atomic E-state index is 0.281. The monoisotopic (exact) mass is 353 g/mol. The van der Waals surface area contributed by atoms with E-state index in [0.29, 0.717) is 11.9 Å². The van der Waals surface area contributed by atoms with E-state index in [4.69, 9.17) is 0 Å². The molecule has 1 aliphatic heterocycles. The van der Waals surface area contributed by atoms with E-state index in [-0.39, 0.29) is 5.92 Å². The van der Waals surface area contributed by atoms with Gasteiger partial charge in [0.2, 0.25) is 5.91 Å². The van der Waals surface area contributed by atoms with Crippen LogP contribution in [0.2, 0.25) is 0 Å². The number of aromatic amines is 1. The summed E-state index contributed by atoms with van der Waals surface area (Å²) in [5.74, 6) is 0.602. The molecule has 4 nitrogen and oxygen atoms in total. The molecule has 4 heteroatoms. The van der Waals surface area contributed by atoms with Crippen molar-refractivity contribution in [1.82, 2.24) is 15.2 Å². The average molecular weight is 354 g/mol. The zero-order valence-electron chi connectivity index (χ0n) is 15.7. The molecule has 2 N–H and O–H groups in total. The Kier molecular flexibility index (Phi) is 5.59. The van der Waals surface area contributed by atoms with Crippen LogP contribution < -0.4 is 5.32 Å². The molecule has 0 unspecified atom stereocenters. The number of rotatable bonds is 5. The van der Waals surface area contributed by atoms with E-state index in [9.17, 15) is 4.79 Å². The molecule has 0 radical (unpaired) electrons. The second-order valence-corrected chi connectivity index (χ2v) is 8.07. The maximum absolute atomic E-state index is 12.4. The summed E-state index contributed by atoms with van der Waals surface area (Å²) >= 11 is 0. The molecule has 26 heavy (non-hydrogen) atoms. The molecule has 140 valence electrons. The first kappa shape index (κ1) is 17.6. The summed E-state index contributed by atoms with van der Waals surface area (Å²) in [4.78, 5) is 18.3. The lowest BCUT2D eigenvalue weighted by molar-refractivity contribution is -0.127. The molecule has 1 aromatic heterocycles. The third-order valence-corrected chi connectivity index (χ3v) is 6.28. The van der Waals surface area contributed by atoms with Gasteiger partial charge in [-0.25, -0.2) is 0 Å². The first-order valence-corrected chi connectivity index (χ1v) is 10.4. The third-order valence-electron chi connectivity index (χ3n) is 6.28. The molecule has 2 aromatic rings. The number of likely N-dealkylation sites (tertiary alicyclic amines) is 1. The highest BCUT2D eigenvalue weighted by atomic mass is 16.1. The fraction of sp³-hybridized carbons (Fsp3) is 0.591. The molecule has 4 rings (SSSR count). The van der Waals surface area contributed by atoms with Crippen LogP contribution >= 0.6 is 0 Å². The Morgan fingerprint density at radius 1 is 1.08 bits per heavy atom. The minimum Gasteiger partial charge on any atom is -0.361 e. The van der Waals surface area contributed by atoms with E-state index < -0.39 is 0 Å². The van der Waals surface area contributed by atoms with Gasteiger partial charge in [-0.2, -0.15) is 0 Å². The highest BCUT2D eigenvalue weighted by Crippen LogP contribution is 2.24. The molecule has 1 aliphatic carbocycles. The molecule has 1 aromatic carbocycles. The van der Waals surface area contributed by atoms with Gasteiger partial charge in [-0.1, -0.05) is 37.5 Å². The van der Waals surface area contributed by atoms with Gasteiger partial charge >= 0.3 is 0 Å². The second-order valence-electron chi connectivity index (χ2n) is 8.07. The summed E-state index contributed by atoms with van der Waals surface area (Å²) in [6.45, 7) is 3.29. The van der Waals surface area contributed by atoms with E-state index in [0.717, 1.165) is 51.7 Å². The quantitative estimate of drug-likeness (QED) is 0.857. The number of nitrogens with one attached hydrogen (secondary N) is 2. The van der Waals surface area contributed by atoms with Crippen LogP contribution in [-0.2, 0) is 11.2 Å². The van der Waals surface area contributed by atoms with Crippen molar-refractivity contribution in [2.75, 3.05) is 19.6 Å². The number of carbonyl (C=O) groups is 1. The molecular formula is C22H31N3O. The highest BCUT2D eigenvalue weighted by Gasteiger charge is 2.25. The normalized spacial score (nSPS) is 20.5. The van der Waals surface area contributed by atoms with E-state index in [1.807, 2.05) is 0 Å². The first-order valence-electron chi connectivity index (χ1n) is 10.4. The van der Waals surface area contributed by atoms with Crippen molar-refractivity contribution in [2.24, 2.45) is 5.92 Å². The summed E-state index contributed by atoms with van der Waals surface area (Å²) in [5.41, 5.74) is 2.64. The molecule has 0 spiro atoms. The van der Waals surface area contributed by atoms with Crippen molar-refractivity contribution in [2.45, 2.75) is 57.4 Å². The van der Waals surface area contributed by atoms with Crippen molar-refractivity contribution >= 4 is 16.8 Å². The van der Waals surface area contributed by atoms with Gasteiger partial charge in [-0.05, 0) is 43.7 Å². The van der Waals surface area contributed by atoms with Crippen LogP contribution in [0.3, 0.4) is 0 Å². The van der Waals surface area contributed by atoms with Gasteiger partial charge in [0.05, 0.1) is 0 Å². The third kappa shape index (κ3) is 4.12. The van der Waals surface area contributed by atoms with Crippen molar-refractivity contribution in [3.05, 3.63) is 36.0 Å². The van der Waals surface area contributed by atoms with Crippen molar-refractivity contribution in [1.29, 1.82) is 0 Å². The van der Waals surface area contributed by atoms with E-state index >= 15 is 0 Å². The number of fused-ring (bicyclic) bond motifs is 1. The standard InChI is InChI=1S/C22H31N3O/c26-22(17-6-2-1-3-7-17)24-19-11-14-25(15-12-19)13-10-18-16-23-21-9-5-4-8-20(18)21/h4-5,8-9,16-17,19,23H,1-3,6-7,10-15H2,(H,24,26). The van der Waals surface area contributed by atoms with Crippen LogP contribution in [0.25, 0.3) is 10.9 Å². The Labute approximate surface area is 156 Å². The molecule has 0 bridgehead atoms. The summed E-state index contributed by atoms with van der Waals surface area (Å²) in [6, 6.07) is 8.91. The number of hydrogen-bond acceptors (Lipinski definition) is 2. The van der Waals surface area contributed by atoms with Crippen LogP contribution in [0, 0.1) is 5.92 Å². The Morgan fingerprint density at radius 2 is 1.85 bits per heavy atom. The summed E-state index contributed by atoms with van der Waals surface area (Å²) in [6.07, 6.45) is 11.4. The fourth-order valence-electron chi connectivity index (χ4n) is 4.60. The average Bonchev–Trinajstić information content (AvgIpc) is 3.11. The molecule has 0 atom stereocenters. The van der Waals surface area contributed by atoms with Crippen LogP contribution in [0.15, 0.2) is 30.5 Å². The maximum Gasteiger partial charge on any atom is 0.223 e. The van der Waals surface area contributed by atoms with E-state index in [1.165, 1.54) is 35.7 Å². The highest BCUT2D eigenvalue weighted by molar-refractivity contribution is 5.83. The number of piperidine rings is 1. The number of nitrogens with zero attached hydrogens (tertiary/aromatic N) is 1. The number of aromatic nitrogens is 1. The van der Waals surface area contributed by atoms with Crippen LogP contribution in [0.4, 0.5) is 0 Å². The van der Waals surface area contributed by atoms with Gasteiger partial charge in [-0.15, -0.1) is 0 Å². The number of amides is 1. The van der Waals surface area contributed by atoms with Crippen LogP contribution in [0.1, 0.15) is 50.5 Å². The van der Waals surface area contributed by atoms with Gasteiger partial charge in [0.25, 0.3) is 0 Å². The predicted molar refractivity (Wildman–Crippen MR) is 106 cm³/mol. The zero-order valence-corrected chi connectivity index (χ0v) is 15.7. The zero-order chi connectivity index (χ0) is 17.8. The Hall–Kier alpha value is -1.81. The number of benzene rings is 1. The number of H-pyrrole nitrogens is 1. The molecule has 1 saturated carbocycles. The second kappa shape index (κ2) is 8.26. The number of hydrogen-bond donors (Lipinski definition) is 2. The Morgan fingerprint density at radius 3 is 2.65 bits per heavy atom. The van der Waals surface area contributed by atoms with Crippen LogP contribution in [0.5, 0.6) is 0 Å². The molecule has 2 aliphatic rings.